The van der Waals surface area contributed by atoms with Gasteiger partial charge in [0.15, 0.2) is 0 Å². The molecule has 3 rings (SSSR count). The Labute approximate surface area is 165 Å². The monoisotopic (exact) mass is 412 g/mol. The summed E-state index contributed by atoms with van der Waals surface area (Å²) in [6.45, 7) is 4.18. The van der Waals surface area contributed by atoms with E-state index in [0.717, 1.165) is 17.4 Å². The van der Waals surface area contributed by atoms with Crippen molar-refractivity contribution in [2.75, 3.05) is 7.05 Å². The molecule has 0 saturated heterocycles. The molecule has 2 aromatic rings. The first-order valence-electron chi connectivity index (χ1n) is 8.94. The lowest BCUT2D eigenvalue weighted by Crippen LogP contribution is -2.26. The third-order valence-electron chi connectivity index (χ3n) is 5.09. The maximum absolute atomic E-state index is 13.8. The lowest BCUT2D eigenvalue weighted by atomic mass is 9.75. The van der Waals surface area contributed by atoms with Crippen LogP contribution in [-0.2, 0) is 25.6 Å². The van der Waals surface area contributed by atoms with Crippen LogP contribution in [0.1, 0.15) is 52.2 Å². The Morgan fingerprint density at radius 3 is 2.61 bits per heavy atom. The summed E-state index contributed by atoms with van der Waals surface area (Å²) in [7, 11) is 1.56. The molecule has 3 N–H and O–H groups in total. The average Bonchev–Trinajstić information content (AvgIpc) is 2.90. The molecule has 0 bridgehead atoms. The first-order chi connectivity index (χ1) is 12.9. The number of nitrogens with two attached hydrogens (primary N) is 1. The maximum atomic E-state index is 13.8. The number of carboxylic acids is 1. The molecule has 4 nitrogen and oxygen atoms in total. The summed E-state index contributed by atoms with van der Waals surface area (Å²) in [4.78, 5) is 13.2. The van der Waals surface area contributed by atoms with Crippen LogP contribution in [-0.4, -0.2) is 23.1 Å². The van der Waals surface area contributed by atoms with Gasteiger partial charge in [-0.3, -0.25) is 5.84 Å². The Kier molecular flexibility index (Phi) is 5.33. The van der Waals surface area contributed by atoms with Crippen molar-refractivity contribution in [3.05, 3.63) is 45.3 Å². The summed E-state index contributed by atoms with van der Waals surface area (Å²) in [6.07, 6.45) is -2.51. The number of benzene rings is 1. The zero-order valence-corrected chi connectivity index (χ0v) is 16.8. The van der Waals surface area contributed by atoms with Crippen LogP contribution in [0.2, 0.25) is 0 Å². The number of hydrazine groups is 1. The molecule has 152 valence electrons. The molecule has 1 aromatic carbocycles. The molecule has 0 unspecified atom stereocenters. The van der Waals surface area contributed by atoms with E-state index in [1.54, 1.807) is 13.1 Å². The highest BCUT2D eigenvalue weighted by Crippen LogP contribution is 2.48. The van der Waals surface area contributed by atoms with Gasteiger partial charge >= 0.3 is 12.1 Å². The fourth-order valence-electron chi connectivity index (χ4n) is 3.83. The minimum atomic E-state index is -4.60. The summed E-state index contributed by atoms with van der Waals surface area (Å²) in [5.74, 6) is 4.51. The number of fused-ring (bicyclic) bond motifs is 1. The minimum Gasteiger partial charge on any atom is -0.478 e. The lowest BCUT2D eigenvalue weighted by molar-refractivity contribution is -0.137. The lowest BCUT2D eigenvalue weighted by Gasteiger charge is -2.29. The molecule has 0 fully saturated rings. The van der Waals surface area contributed by atoms with Crippen molar-refractivity contribution in [1.82, 2.24) is 5.01 Å². The van der Waals surface area contributed by atoms with Gasteiger partial charge < -0.3 is 5.11 Å². The van der Waals surface area contributed by atoms with Crippen molar-refractivity contribution in [2.45, 2.75) is 45.8 Å². The molecule has 0 amide bonds. The number of hydrogen-bond donors (Lipinski definition) is 2. The Balaban J connectivity index is 2.32. The number of rotatable bonds is 4. The summed E-state index contributed by atoms with van der Waals surface area (Å²) in [5.41, 5.74) is 0.0619. The number of aromatic carboxylic acids is 1. The van der Waals surface area contributed by atoms with Crippen molar-refractivity contribution in [3.63, 3.8) is 0 Å². The van der Waals surface area contributed by atoms with Gasteiger partial charge in [0.05, 0.1) is 16.0 Å². The fraction of sp³-hybridized carbons (Fsp3) is 0.450. The van der Waals surface area contributed by atoms with Crippen LogP contribution in [0.25, 0.3) is 10.4 Å². The van der Waals surface area contributed by atoms with E-state index in [1.165, 1.54) is 22.4 Å². The van der Waals surface area contributed by atoms with Gasteiger partial charge in [0, 0.05) is 24.0 Å². The summed E-state index contributed by atoms with van der Waals surface area (Å²) >= 11 is 1.18. The van der Waals surface area contributed by atoms with Crippen molar-refractivity contribution >= 4 is 17.3 Å². The van der Waals surface area contributed by atoms with Crippen molar-refractivity contribution in [2.24, 2.45) is 11.3 Å². The van der Waals surface area contributed by atoms with Crippen LogP contribution in [0, 0.1) is 5.41 Å². The fourth-order valence-corrected chi connectivity index (χ4v) is 5.23. The van der Waals surface area contributed by atoms with Gasteiger partial charge in [-0.2, -0.15) is 13.2 Å². The second-order valence-corrected chi connectivity index (χ2v) is 9.21. The third-order valence-corrected chi connectivity index (χ3v) is 6.40. The van der Waals surface area contributed by atoms with Crippen LogP contribution >= 0.6 is 11.3 Å². The zero-order chi connectivity index (χ0) is 20.9. The Morgan fingerprint density at radius 2 is 2.04 bits per heavy atom. The van der Waals surface area contributed by atoms with Crippen molar-refractivity contribution < 1.29 is 23.1 Å². The van der Waals surface area contributed by atoms with E-state index in [1.807, 2.05) is 0 Å². The van der Waals surface area contributed by atoms with E-state index in [-0.39, 0.29) is 28.0 Å². The smallest absolute Gasteiger partial charge is 0.417 e. The molecule has 28 heavy (non-hydrogen) atoms. The largest absolute Gasteiger partial charge is 0.478 e. The highest BCUT2D eigenvalue weighted by atomic mass is 32.1. The van der Waals surface area contributed by atoms with Crippen molar-refractivity contribution in [3.8, 4) is 10.4 Å². The Hall–Kier alpha value is -1.90. The Morgan fingerprint density at radius 1 is 1.36 bits per heavy atom. The molecule has 1 aliphatic rings. The van der Waals surface area contributed by atoms with Crippen LogP contribution in [0.15, 0.2) is 18.2 Å². The van der Waals surface area contributed by atoms with Gasteiger partial charge in [0.2, 0.25) is 0 Å². The summed E-state index contributed by atoms with van der Waals surface area (Å²) in [6, 6.07) is 3.91. The SMILES string of the molecule is CN(N)Cc1cccc(C(F)(F)F)c1-c1sc2c(c1C(=O)O)CC(C)(C)CC2. The molecular weight excluding hydrogens is 389 g/mol. The van der Waals surface area contributed by atoms with Gasteiger partial charge in [-0.15, -0.1) is 11.3 Å². The number of carboxylic acid groups (broad SMARTS) is 1. The number of nitrogens with zero attached hydrogens (tertiary/aromatic N) is 1. The number of hydrogen-bond acceptors (Lipinski definition) is 4. The molecule has 0 atom stereocenters. The topological polar surface area (TPSA) is 66.6 Å². The number of alkyl halides is 3. The molecular formula is C20H23F3N2O2S. The average molecular weight is 412 g/mol. The molecule has 0 saturated carbocycles. The summed E-state index contributed by atoms with van der Waals surface area (Å²) < 4.78 is 41.4. The first kappa shape index (κ1) is 20.8. The highest BCUT2D eigenvalue weighted by molar-refractivity contribution is 7.16. The second kappa shape index (κ2) is 7.17. The Bertz CT molecular complexity index is 917. The van der Waals surface area contributed by atoms with Gasteiger partial charge in [-0.05, 0) is 41.9 Å². The molecule has 1 aromatic heterocycles. The molecule has 0 radical (unpaired) electrons. The van der Waals surface area contributed by atoms with E-state index in [9.17, 15) is 23.1 Å². The molecule has 0 aliphatic heterocycles. The van der Waals surface area contributed by atoms with E-state index < -0.39 is 17.7 Å². The van der Waals surface area contributed by atoms with E-state index in [2.05, 4.69) is 13.8 Å². The van der Waals surface area contributed by atoms with E-state index in [0.29, 0.717) is 24.0 Å². The molecule has 8 heteroatoms. The number of thiophene rings is 1. The minimum absolute atomic E-state index is 0.00500. The van der Waals surface area contributed by atoms with Crippen LogP contribution in [0.5, 0.6) is 0 Å². The normalized spacial score (nSPS) is 16.3. The number of halogens is 3. The highest BCUT2D eigenvalue weighted by Gasteiger charge is 2.39. The summed E-state index contributed by atoms with van der Waals surface area (Å²) in [5, 5.41) is 11.2. The third kappa shape index (κ3) is 3.94. The molecule has 1 aliphatic carbocycles. The molecule has 0 spiro atoms. The van der Waals surface area contributed by atoms with Crippen LogP contribution in [0.3, 0.4) is 0 Å². The quantitative estimate of drug-likeness (QED) is 0.551. The van der Waals surface area contributed by atoms with E-state index >= 15 is 0 Å². The molecule has 1 heterocycles. The standard InChI is InChI=1S/C20H23F3N2O2S/c1-19(2)8-7-14-12(9-19)16(18(26)27)17(28-14)15-11(10-25(3)24)5-4-6-13(15)20(21,22)23/h4-6H,7-10,24H2,1-3H3,(H,26,27). The second-order valence-electron chi connectivity index (χ2n) is 8.11. The predicted molar refractivity (Wildman–Crippen MR) is 103 cm³/mol. The van der Waals surface area contributed by atoms with Crippen molar-refractivity contribution in [1.29, 1.82) is 0 Å². The van der Waals surface area contributed by atoms with Gasteiger partial charge in [-0.25, -0.2) is 9.80 Å². The number of aryl methyl sites for hydroxylation is 1. The maximum Gasteiger partial charge on any atom is 0.417 e. The van der Waals surface area contributed by atoms with Crippen LogP contribution < -0.4 is 5.84 Å². The van der Waals surface area contributed by atoms with Crippen LogP contribution in [0.4, 0.5) is 13.2 Å². The predicted octanol–water partition coefficient (Wildman–Crippen LogP) is 4.95. The van der Waals surface area contributed by atoms with Gasteiger partial charge in [0.25, 0.3) is 0 Å². The number of carbonyl (C=O) groups is 1. The van der Waals surface area contributed by atoms with Gasteiger partial charge in [0.1, 0.15) is 0 Å². The first-order valence-corrected chi connectivity index (χ1v) is 9.75. The van der Waals surface area contributed by atoms with E-state index in [4.69, 9.17) is 5.84 Å². The zero-order valence-electron chi connectivity index (χ0n) is 16.0. The van der Waals surface area contributed by atoms with Gasteiger partial charge in [-0.1, -0.05) is 26.0 Å².